The van der Waals surface area contributed by atoms with E-state index in [1.54, 1.807) is 0 Å². The second kappa shape index (κ2) is 5.96. The minimum atomic E-state index is -0.918. The van der Waals surface area contributed by atoms with Gasteiger partial charge < -0.3 is 9.47 Å². The summed E-state index contributed by atoms with van der Waals surface area (Å²) in [4.78, 5) is 15.3. The monoisotopic (exact) mass is 343 g/mol. The number of carbonyl (C=O) groups is 1. The first-order valence-corrected chi connectivity index (χ1v) is 6.18. The Hall–Kier alpha value is -2.02. The van der Waals surface area contributed by atoms with Crippen LogP contribution in [0.5, 0.6) is 11.6 Å². The van der Waals surface area contributed by atoms with E-state index in [1.165, 1.54) is 25.4 Å². The number of carbonyl (C=O) groups excluding carboxylic acids is 1. The number of rotatable bonds is 3. The van der Waals surface area contributed by atoms with Crippen LogP contribution in [-0.2, 0) is 4.74 Å². The van der Waals surface area contributed by atoms with E-state index < -0.39 is 23.4 Å². The molecule has 20 heavy (non-hydrogen) atoms. The quantitative estimate of drug-likeness (QED) is 0.797. The van der Waals surface area contributed by atoms with E-state index >= 15 is 0 Å². The fourth-order valence-electron chi connectivity index (χ4n) is 1.46. The summed E-state index contributed by atoms with van der Waals surface area (Å²) in [5.74, 6) is -3.43. The lowest BCUT2D eigenvalue weighted by atomic mass is 10.2. The van der Waals surface area contributed by atoms with Crippen molar-refractivity contribution in [3.05, 3.63) is 52.1 Å². The molecule has 0 saturated carbocycles. The number of hydrogen-bond donors (Lipinski definition) is 0. The summed E-state index contributed by atoms with van der Waals surface area (Å²) in [5.41, 5.74) is -0.0308. The van der Waals surface area contributed by atoms with Gasteiger partial charge in [0.25, 0.3) is 0 Å². The molecule has 2 aromatic rings. The summed E-state index contributed by atoms with van der Waals surface area (Å²) in [6, 6.07) is 4.94. The molecule has 4 nitrogen and oxygen atoms in total. The molecule has 2 rings (SSSR count). The van der Waals surface area contributed by atoms with Crippen LogP contribution in [0.2, 0.25) is 0 Å². The smallest absolute Gasteiger partial charge is 0.343 e. The lowest BCUT2D eigenvalue weighted by Gasteiger charge is -2.10. The summed E-state index contributed by atoms with van der Waals surface area (Å²) in [6.07, 6.45) is 1.33. The molecule has 0 saturated heterocycles. The third-order valence-corrected chi connectivity index (χ3v) is 2.80. The highest BCUT2D eigenvalue weighted by atomic mass is 79.9. The van der Waals surface area contributed by atoms with E-state index in [9.17, 15) is 13.6 Å². The summed E-state index contributed by atoms with van der Waals surface area (Å²) < 4.78 is 37.2. The maximum absolute atomic E-state index is 13.7. The fraction of sp³-hybridized carbons (Fsp3) is 0.0769. The minimum Gasteiger partial charge on any atom is -0.465 e. The average Bonchev–Trinajstić information content (AvgIpc) is 2.42. The third kappa shape index (κ3) is 2.93. The molecule has 0 aliphatic rings. The predicted octanol–water partition coefficient (Wildman–Crippen LogP) is 3.70. The molecule has 0 fully saturated rings. The van der Waals surface area contributed by atoms with Crippen LogP contribution in [0.15, 0.2) is 34.9 Å². The van der Waals surface area contributed by atoms with Gasteiger partial charge >= 0.3 is 5.97 Å². The first-order chi connectivity index (χ1) is 9.52. The van der Waals surface area contributed by atoms with Crippen molar-refractivity contribution in [3.63, 3.8) is 0 Å². The molecule has 0 unspecified atom stereocenters. The molecule has 0 aliphatic carbocycles. The molecular formula is C13H8BrF2NO3. The molecule has 0 spiro atoms. The Morgan fingerprint density at radius 3 is 2.55 bits per heavy atom. The fourth-order valence-corrected chi connectivity index (χ4v) is 1.86. The third-order valence-electron chi connectivity index (χ3n) is 2.34. The van der Waals surface area contributed by atoms with Crippen molar-refractivity contribution in [1.82, 2.24) is 4.98 Å². The maximum Gasteiger partial charge on any atom is 0.343 e. The Kier molecular flexibility index (Phi) is 4.29. The van der Waals surface area contributed by atoms with E-state index in [1.807, 2.05) is 0 Å². The van der Waals surface area contributed by atoms with E-state index in [4.69, 9.17) is 4.74 Å². The van der Waals surface area contributed by atoms with E-state index in [0.29, 0.717) is 0 Å². The van der Waals surface area contributed by atoms with Gasteiger partial charge in [-0.2, -0.15) is 0 Å². The summed E-state index contributed by atoms with van der Waals surface area (Å²) >= 11 is 2.96. The average molecular weight is 344 g/mol. The van der Waals surface area contributed by atoms with Gasteiger partial charge in [0, 0.05) is 10.7 Å². The van der Waals surface area contributed by atoms with Crippen LogP contribution in [0.1, 0.15) is 10.4 Å². The number of aromatic nitrogens is 1. The predicted molar refractivity (Wildman–Crippen MR) is 69.7 cm³/mol. The molecule has 0 N–H and O–H groups in total. The Balaban J connectivity index is 2.43. The molecular weight excluding hydrogens is 336 g/mol. The van der Waals surface area contributed by atoms with Crippen molar-refractivity contribution in [2.75, 3.05) is 7.11 Å². The Morgan fingerprint density at radius 1 is 1.30 bits per heavy atom. The van der Waals surface area contributed by atoms with Crippen LogP contribution in [0, 0.1) is 11.6 Å². The van der Waals surface area contributed by atoms with E-state index in [2.05, 4.69) is 25.7 Å². The first kappa shape index (κ1) is 14.4. The molecule has 1 aromatic heterocycles. The van der Waals surface area contributed by atoms with E-state index in [-0.39, 0.29) is 15.9 Å². The number of nitrogens with zero attached hydrogens (tertiary/aromatic N) is 1. The Bertz CT molecular complexity index is 641. The standard InChI is InChI=1S/C13H8BrF2NO3/c1-19-13(18)8-3-2-4-17-12(8)20-11-9(15)5-7(14)6-10(11)16/h2-6H,1H3. The number of esters is 1. The van der Waals surface area contributed by atoms with Crippen molar-refractivity contribution in [2.24, 2.45) is 0 Å². The van der Waals surface area contributed by atoms with Crippen LogP contribution in [0.4, 0.5) is 8.78 Å². The van der Waals surface area contributed by atoms with Gasteiger partial charge in [-0.3, -0.25) is 0 Å². The van der Waals surface area contributed by atoms with Gasteiger partial charge in [0.05, 0.1) is 7.11 Å². The van der Waals surface area contributed by atoms with Gasteiger partial charge in [-0.25, -0.2) is 18.6 Å². The Labute approximate surface area is 121 Å². The normalized spacial score (nSPS) is 10.2. The van der Waals surface area contributed by atoms with Gasteiger partial charge in [-0.1, -0.05) is 15.9 Å². The first-order valence-electron chi connectivity index (χ1n) is 5.38. The topological polar surface area (TPSA) is 48.4 Å². The van der Waals surface area contributed by atoms with E-state index in [0.717, 1.165) is 12.1 Å². The molecule has 1 aromatic carbocycles. The number of benzene rings is 1. The SMILES string of the molecule is COC(=O)c1cccnc1Oc1c(F)cc(Br)cc1F. The van der Waals surface area contributed by atoms with Gasteiger partial charge in [0.1, 0.15) is 5.56 Å². The van der Waals surface area contributed by atoms with Crippen LogP contribution in [0.3, 0.4) is 0 Å². The number of pyridine rings is 1. The largest absolute Gasteiger partial charge is 0.465 e. The zero-order chi connectivity index (χ0) is 14.7. The van der Waals surface area contributed by atoms with Crippen LogP contribution < -0.4 is 4.74 Å². The lowest BCUT2D eigenvalue weighted by molar-refractivity contribution is 0.0597. The van der Waals surface area contributed by atoms with Gasteiger partial charge in [-0.05, 0) is 24.3 Å². The zero-order valence-electron chi connectivity index (χ0n) is 10.2. The van der Waals surface area contributed by atoms with Crippen molar-refractivity contribution in [3.8, 4) is 11.6 Å². The van der Waals surface area contributed by atoms with Gasteiger partial charge in [0.2, 0.25) is 11.6 Å². The molecule has 104 valence electrons. The molecule has 0 bridgehead atoms. The highest BCUT2D eigenvalue weighted by Gasteiger charge is 2.19. The second-order valence-electron chi connectivity index (χ2n) is 3.65. The molecule has 0 atom stereocenters. The summed E-state index contributed by atoms with van der Waals surface area (Å²) in [6.45, 7) is 0. The molecule has 0 amide bonds. The molecule has 0 aliphatic heterocycles. The molecule has 1 heterocycles. The van der Waals surface area contributed by atoms with Crippen molar-refractivity contribution < 1.29 is 23.0 Å². The van der Waals surface area contributed by atoms with Crippen LogP contribution in [0.25, 0.3) is 0 Å². The number of halogens is 3. The van der Waals surface area contributed by atoms with Crippen molar-refractivity contribution in [2.45, 2.75) is 0 Å². The summed E-state index contributed by atoms with van der Waals surface area (Å²) in [5, 5.41) is 0. The second-order valence-corrected chi connectivity index (χ2v) is 4.56. The zero-order valence-corrected chi connectivity index (χ0v) is 11.8. The highest BCUT2D eigenvalue weighted by Crippen LogP contribution is 2.30. The summed E-state index contributed by atoms with van der Waals surface area (Å²) in [7, 11) is 1.18. The van der Waals surface area contributed by atoms with Gasteiger partial charge in [0.15, 0.2) is 11.6 Å². The molecule has 7 heteroatoms. The van der Waals surface area contributed by atoms with Crippen molar-refractivity contribution >= 4 is 21.9 Å². The van der Waals surface area contributed by atoms with Crippen LogP contribution in [-0.4, -0.2) is 18.1 Å². The minimum absolute atomic E-state index is 0.0308. The van der Waals surface area contributed by atoms with Crippen molar-refractivity contribution in [1.29, 1.82) is 0 Å². The highest BCUT2D eigenvalue weighted by molar-refractivity contribution is 9.10. The number of methoxy groups -OCH3 is 1. The van der Waals surface area contributed by atoms with Gasteiger partial charge in [-0.15, -0.1) is 0 Å². The Morgan fingerprint density at radius 2 is 1.95 bits per heavy atom. The maximum atomic E-state index is 13.7. The van der Waals surface area contributed by atoms with Crippen LogP contribution >= 0.6 is 15.9 Å². The molecule has 0 radical (unpaired) electrons. The number of hydrogen-bond acceptors (Lipinski definition) is 4. The lowest BCUT2D eigenvalue weighted by Crippen LogP contribution is -2.06. The number of ether oxygens (including phenoxy) is 2.